The zero-order valence-corrected chi connectivity index (χ0v) is 15.8. The number of nitrogens with one attached hydrogen (secondary N) is 1. The maximum Gasteiger partial charge on any atom is 0.254 e. The monoisotopic (exact) mass is 373 g/mol. The summed E-state index contributed by atoms with van der Waals surface area (Å²) in [5, 5.41) is 12.5. The minimum absolute atomic E-state index is 0.157. The first-order valence-electron chi connectivity index (χ1n) is 6.88. The second-order valence-electron chi connectivity index (χ2n) is 5.72. The van der Waals surface area contributed by atoms with Gasteiger partial charge in [-0.15, -0.1) is 0 Å². The standard InChI is InChI=1S/C14H19N3O3S3/c1-14(2)12(16(4)13(21)22-14)17(18)9-10-5-7-11(8-6-10)23(19,20)15-3/h5-9,12,15H,1-4H3/b17-9-/t12-/m0/s1. The molecule has 1 atom stereocenters. The lowest BCUT2D eigenvalue weighted by Crippen LogP contribution is -2.46. The normalized spacial score (nSPS) is 21.7. The van der Waals surface area contributed by atoms with Crippen molar-refractivity contribution >= 4 is 44.5 Å². The number of nitrogens with zero attached hydrogens (tertiary/aromatic N) is 2. The van der Waals surface area contributed by atoms with Crippen LogP contribution in [-0.2, 0) is 10.0 Å². The van der Waals surface area contributed by atoms with E-state index in [1.54, 1.807) is 24.1 Å². The molecule has 9 heteroatoms. The summed E-state index contributed by atoms with van der Waals surface area (Å²) in [7, 11) is -0.322. The summed E-state index contributed by atoms with van der Waals surface area (Å²) in [6.07, 6.45) is 1.04. The van der Waals surface area contributed by atoms with Crippen molar-refractivity contribution in [2.45, 2.75) is 29.7 Å². The van der Waals surface area contributed by atoms with Gasteiger partial charge in [0.05, 0.1) is 4.90 Å². The van der Waals surface area contributed by atoms with E-state index in [1.165, 1.54) is 37.2 Å². The van der Waals surface area contributed by atoms with Gasteiger partial charge in [0.25, 0.3) is 6.17 Å². The lowest BCUT2D eigenvalue weighted by molar-refractivity contribution is -0.522. The average molecular weight is 374 g/mol. The SMILES string of the molecule is CNS(=O)(=O)c1ccc(/C=[N+](\[O-])[C@@H]2N(C)C(=S)SC2(C)C)cc1. The third-order valence-electron chi connectivity index (χ3n) is 3.60. The van der Waals surface area contributed by atoms with E-state index < -0.39 is 16.2 Å². The smallest absolute Gasteiger partial charge is 0.254 e. The Morgan fingerprint density at radius 1 is 1.39 bits per heavy atom. The van der Waals surface area contributed by atoms with Gasteiger partial charge in [-0.1, -0.05) is 24.0 Å². The van der Waals surface area contributed by atoms with Crippen molar-refractivity contribution in [1.82, 2.24) is 9.62 Å². The fourth-order valence-electron chi connectivity index (χ4n) is 2.46. The Bertz CT molecular complexity index is 742. The maximum absolute atomic E-state index is 12.5. The first-order valence-corrected chi connectivity index (χ1v) is 9.59. The van der Waals surface area contributed by atoms with Crippen LogP contribution >= 0.6 is 24.0 Å². The number of hydroxylamine groups is 1. The Labute approximate surface area is 146 Å². The predicted molar refractivity (Wildman–Crippen MR) is 97.3 cm³/mol. The van der Waals surface area contributed by atoms with Gasteiger partial charge in [0.15, 0.2) is 6.21 Å². The predicted octanol–water partition coefficient (Wildman–Crippen LogP) is 1.59. The van der Waals surface area contributed by atoms with Gasteiger partial charge in [-0.25, -0.2) is 13.1 Å². The first kappa shape index (κ1) is 18.2. The molecule has 0 bridgehead atoms. The van der Waals surface area contributed by atoms with Gasteiger partial charge in [-0.05, 0) is 45.2 Å². The van der Waals surface area contributed by atoms with Crippen molar-refractivity contribution in [3.05, 3.63) is 35.0 Å². The Hall–Kier alpha value is -1.16. The molecular weight excluding hydrogens is 354 g/mol. The molecule has 6 nitrogen and oxygen atoms in total. The summed E-state index contributed by atoms with van der Waals surface area (Å²) in [5.41, 5.74) is 0.627. The van der Waals surface area contributed by atoms with Gasteiger partial charge >= 0.3 is 0 Å². The third-order valence-corrected chi connectivity index (χ3v) is 6.77. The molecule has 126 valence electrons. The number of hydrogen-bond donors (Lipinski definition) is 1. The highest BCUT2D eigenvalue weighted by Gasteiger charge is 2.48. The number of rotatable bonds is 4. The van der Waals surface area contributed by atoms with E-state index in [1.807, 2.05) is 13.8 Å². The molecule has 0 saturated carbocycles. The van der Waals surface area contributed by atoms with Crippen molar-refractivity contribution in [2.24, 2.45) is 0 Å². The van der Waals surface area contributed by atoms with Crippen LogP contribution in [0.4, 0.5) is 0 Å². The molecule has 0 amide bonds. The van der Waals surface area contributed by atoms with Crippen LogP contribution in [0, 0.1) is 5.21 Å². The second kappa shape index (κ2) is 6.39. The van der Waals surface area contributed by atoms with Crippen LogP contribution in [0.1, 0.15) is 19.4 Å². The van der Waals surface area contributed by atoms with Gasteiger partial charge in [-0.2, -0.15) is 4.74 Å². The highest BCUT2D eigenvalue weighted by molar-refractivity contribution is 8.24. The van der Waals surface area contributed by atoms with E-state index in [0.29, 0.717) is 9.88 Å². The fraction of sp³-hybridized carbons (Fsp3) is 0.429. The van der Waals surface area contributed by atoms with Gasteiger partial charge in [0.2, 0.25) is 10.0 Å². The van der Waals surface area contributed by atoms with E-state index in [2.05, 4.69) is 4.72 Å². The molecule has 2 rings (SSSR count). The lowest BCUT2D eigenvalue weighted by atomic mass is 10.1. The van der Waals surface area contributed by atoms with Gasteiger partial charge in [-0.3, -0.25) is 0 Å². The third kappa shape index (κ3) is 3.68. The number of benzene rings is 1. The fourth-order valence-corrected chi connectivity index (χ4v) is 5.00. The Kier molecular flexibility index (Phi) is 5.05. The molecule has 1 aromatic carbocycles. The minimum atomic E-state index is -3.48. The van der Waals surface area contributed by atoms with Crippen LogP contribution < -0.4 is 4.72 Å². The first-order chi connectivity index (χ1) is 10.6. The number of thioether (sulfide) groups is 1. The largest absolute Gasteiger partial charge is 0.622 e. The van der Waals surface area contributed by atoms with E-state index in [9.17, 15) is 13.6 Å². The molecule has 0 aliphatic carbocycles. The lowest BCUT2D eigenvalue weighted by Gasteiger charge is -2.27. The molecule has 1 aliphatic rings. The summed E-state index contributed by atoms with van der Waals surface area (Å²) in [6, 6.07) is 6.13. The van der Waals surface area contributed by atoms with Gasteiger partial charge in [0.1, 0.15) is 9.07 Å². The van der Waals surface area contributed by atoms with Gasteiger partial charge in [0, 0.05) is 12.6 Å². The summed E-state index contributed by atoms with van der Waals surface area (Å²) in [4.78, 5) is 1.94. The van der Waals surface area contributed by atoms with Crippen molar-refractivity contribution in [2.75, 3.05) is 14.1 Å². The maximum atomic E-state index is 12.5. The van der Waals surface area contributed by atoms with Crippen LogP contribution in [-0.4, -0.2) is 53.6 Å². The Morgan fingerprint density at radius 2 is 1.96 bits per heavy atom. The zero-order chi connectivity index (χ0) is 17.4. The number of thiocarbonyl (C=S) groups is 1. The Balaban J connectivity index is 2.30. The topological polar surface area (TPSA) is 75.5 Å². The van der Waals surface area contributed by atoms with Crippen LogP contribution in [0.25, 0.3) is 0 Å². The molecule has 1 saturated heterocycles. The van der Waals surface area contributed by atoms with Crippen LogP contribution in [0.15, 0.2) is 29.2 Å². The summed E-state index contributed by atoms with van der Waals surface area (Å²) in [6.45, 7) is 3.94. The minimum Gasteiger partial charge on any atom is -0.622 e. The van der Waals surface area contributed by atoms with Crippen LogP contribution in [0.5, 0.6) is 0 Å². The molecule has 0 radical (unpaired) electrons. The summed E-state index contributed by atoms with van der Waals surface area (Å²) < 4.78 is 26.9. The average Bonchev–Trinajstić information content (AvgIpc) is 2.67. The second-order valence-corrected chi connectivity index (χ2v) is 9.90. The van der Waals surface area contributed by atoms with Crippen molar-refractivity contribution < 1.29 is 13.2 Å². The molecule has 0 aromatic heterocycles. The molecule has 1 N–H and O–H groups in total. The van der Waals surface area contributed by atoms with Gasteiger partial charge < -0.3 is 10.1 Å². The van der Waals surface area contributed by atoms with Crippen LogP contribution in [0.2, 0.25) is 0 Å². The summed E-state index contributed by atoms with van der Waals surface area (Å²) in [5.74, 6) is 0. The molecule has 0 spiro atoms. The van der Waals surface area contributed by atoms with E-state index in [4.69, 9.17) is 12.2 Å². The highest BCUT2D eigenvalue weighted by atomic mass is 32.2. The Morgan fingerprint density at radius 3 is 2.39 bits per heavy atom. The van der Waals surface area contributed by atoms with E-state index >= 15 is 0 Å². The van der Waals surface area contributed by atoms with Crippen LogP contribution in [0.3, 0.4) is 0 Å². The molecule has 1 heterocycles. The summed E-state index contributed by atoms with van der Waals surface area (Å²) >= 11 is 6.75. The van der Waals surface area contributed by atoms with E-state index in [-0.39, 0.29) is 9.64 Å². The molecule has 1 fully saturated rings. The zero-order valence-electron chi connectivity index (χ0n) is 13.3. The van der Waals surface area contributed by atoms with Crippen molar-refractivity contribution in [1.29, 1.82) is 0 Å². The molecule has 23 heavy (non-hydrogen) atoms. The quantitative estimate of drug-likeness (QED) is 0.284. The number of hydrogen-bond acceptors (Lipinski definition) is 5. The van der Waals surface area contributed by atoms with E-state index in [0.717, 1.165) is 4.74 Å². The number of sulfonamides is 1. The molecule has 0 unspecified atom stereocenters. The highest BCUT2D eigenvalue weighted by Crippen LogP contribution is 2.40. The molecule has 1 aromatic rings. The van der Waals surface area contributed by atoms with Crippen molar-refractivity contribution in [3.8, 4) is 0 Å². The molecule has 1 aliphatic heterocycles. The van der Waals surface area contributed by atoms with Crippen molar-refractivity contribution in [3.63, 3.8) is 0 Å². The molecular formula is C14H19N3O3S3.